The number of hydrogen-bond acceptors (Lipinski definition) is 6. The van der Waals surface area contributed by atoms with Gasteiger partial charge in [0.1, 0.15) is 35.8 Å². The normalized spacial score (nSPS) is 10.9. The molecule has 7 nitrogen and oxygen atoms in total. The second-order valence-corrected chi connectivity index (χ2v) is 7.29. The largest absolute Gasteiger partial charge is 0.493 e. The van der Waals surface area contributed by atoms with E-state index in [1.165, 1.54) is 4.68 Å². The molecule has 0 saturated heterocycles. The Labute approximate surface area is 197 Å². The molecule has 0 aliphatic carbocycles. The number of para-hydroxylation sites is 2. The van der Waals surface area contributed by atoms with E-state index in [1.54, 1.807) is 25.3 Å². The van der Waals surface area contributed by atoms with Crippen LogP contribution in [0.5, 0.6) is 11.5 Å². The van der Waals surface area contributed by atoms with Crippen LogP contribution in [0.3, 0.4) is 0 Å². The van der Waals surface area contributed by atoms with Gasteiger partial charge in [0, 0.05) is 5.56 Å². The Hall–Kier alpha value is -5.01. The van der Waals surface area contributed by atoms with Crippen molar-refractivity contribution in [3.05, 3.63) is 101 Å². The van der Waals surface area contributed by atoms with Gasteiger partial charge in [-0.1, -0.05) is 60.7 Å². The summed E-state index contributed by atoms with van der Waals surface area (Å²) in [4.78, 5) is 0. The van der Waals surface area contributed by atoms with E-state index in [0.717, 1.165) is 5.56 Å². The van der Waals surface area contributed by atoms with Crippen LogP contribution in [0.1, 0.15) is 22.4 Å². The van der Waals surface area contributed by atoms with Crippen LogP contribution >= 0.6 is 0 Å². The lowest BCUT2D eigenvalue weighted by Gasteiger charge is -2.13. The third-order valence-electron chi connectivity index (χ3n) is 5.16. The highest BCUT2D eigenvalue weighted by molar-refractivity contribution is 5.92. The van der Waals surface area contributed by atoms with Gasteiger partial charge >= 0.3 is 0 Å². The number of nitrogens with two attached hydrogens (primary N) is 1. The van der Waals surface area contributed by atoms with Gasteiger partial charge in [0.15, 0.2) is 11.5 Å². The number of benzene rings is 3. The van der Waals surface area contributed by atoms with E-state index in [-0.39, 0.29) is 22.6 Å². The van der Waals surface area contributed by atoms with Crippen LogP contribution in [0.25, 0.3) is 17.3 Å². The maximum absolute atomic E-state index is 9.97. The quantitative estimate of drug-likeness (QED) is 0.400. The van der Waals surface area contributed by atoms with E-state index in [2.05, 4.69) is 17.2 Å². The highest BCUT2D eigenvalue weighted by Crippen LogP contribution is 2.35. The van der Waals surface area contributed by atoms with E-state index < -0.39 is 0 Å². The number of nitriles is 2. The molecule has 4 rings (SSSR count). The van der Waals surface area contributed by atoms with Gasteiger partial charge in [-0.15, -0.1) is 0 Å². The molecule has 0 aliphatic rings. The molecule has 0 aliphatic heterocycles. The van der Waals surface area contributed by atoms with Crippen LogP contribution in [0.4, 0.5) is 5.82 Å². The smallest absolute Gasteiger partial charge is 0.168 e. The van der Waals surface area contributed by atoms with Crippen molar-refractivity contribution >= 4 is 17.5 Å². The molecule has 7 heteroatoms. The number of nitrogens with zero attached hydrogens (tertiary/aromatic N) is 4. The highest BCUT2D eigenvalue weighted by atomic mass is 16.5. The summed E-state index contributed by atoms with van der Waals surface area (Å²) in [6.07, 6.45) is 1.63. The summed E-state index contributed by atoms with van der Waals surface area (Å²) in [5, 5.41) is 24.2. The fourth-order valence-corrected chi connectivity index (χ4v) is 3.50. The molecule has 0 fully saturated rings. The zero-order valence-corrected chi connectivity index (χ0v) is 18.5. The summed E-state index contributed by atoms with van der Waals surface area (Å²) in [6.45, 7) is 0.322. The summed E-state index contributed by atoms with van der Waals surface area (Å²) >= 11 is 0. The van der Waals surface area contributed by atoms with Crippen molar-refractivity contribution in [2.75, 3.05) is 12.8 Å². The molecule has 0 unspecified atom stereocenters. The Morgan fingerprint density at radius 1 is 1.00 bits per heavy atom. The van der Waals surface area contributed by atoms with Crippen molar-refractivity contribution in [2.45, 2.75) is 6.61 Å². The Morgan fingerprint density at radius 2 is 1.71 bits per heavy atom. The number of hydrogen-bond donors (Lipinski definition) is 1. The van der Waals surface area contributed by atoms with Crippen molar-refractivity contribution in [3.63, 3.8) is 0 Å². The molecule has 2 N–H and O–H groups in total. The zero-order chi connectivity index (χ0) is 23.9. The molecule has 1 aromatic heterocycles. The third kappa shape index (κ3) is 4.45. The van der Waals surface area contributed by atoms with Gasteiger partial charge in [-0.3, -0.25) is 0 Å². The summed E-state index contributed by atoms with van der Waals surface area (Å²) in [5.41, 5.74) is 9.02. The first-order valence-electron chi connectivity index (χ1n) is 10.5. The molecule has 34 heavy (non-hydrogen) atoms. The van der Waals surface area contributed by atoms with Crippen molar-refractivity contribution in [1.82, 2.24) is 9.78 Å². The maximum Gasteiger partial charge on any atom is 0.168 e. The van der Waals surface area contributed by atoms with Gasteiger partial charge < -0.3 is 15.2 Å². The van der Waals surface area contributed by atoms with Crippen LogP contribution in [-0.4, -0.2) is 16.9 Å². The SMILES string of the molecule is COc1cccc(C=C(C#N)c2nn(-c3ccccc3)c(N)c2C#N)c1OCc1ccccc1. The van der Waals surface area contributed by atoms with Gasteiger partial charge in [0.05, 0.1) is 18.4 Å². The molecule has 0 spiro atoms. The Morgan fingerprint density at radius 3 is 2.35 bits per heavy atom. The first-order chi connectivity index (χ1) is 16.7. The van der Waals surface area contributed by atoms with E-state index in [0.29, 0.717) is 29.4 Å². The minimum atomic E-state index is 0.131. The van der Waals surface area contributed by atoms with E-state index in [4.69, 9.17) is 15.2 Å². The standard InChI is InChI=1S/C27H21N5O2/c1-33-24-14-8-11-20(26(24)34-18-19-9-4-2-5-10-19)15-21(16-28)25-23(17-29)27(30)32(31-25)22-12-6-3-7-13-22/h2-15H,18,30H2,1H3. The summed E-state index contributed by atoms with van der Waals surface area (Å²) in [5.74, 6) is 1.17. The van der Waals surface area contributed by atoms with E-state index >= 15 is 0 Å². The monoisotopic (exact) mass is 447 g/mol. The number of nitrogen functional groups attached to an aromatic ring is 1. The van der Waals surface area contributed by atoms with Gasteiger partial charge in [-0.2, -0.15) is 15.6 Å². The lowest BCUT2D eigenvalue weighted by molar-refractivity contribution is 0.284. The average molecular weight is 447 g/mol. The summed E-state index contributed by atoms with van der Waals surface area (Å²) in [6, 6.07) is 28.6. The fraction of sp³-hybridized carbons (Fsp3) is 0.0741. The molecule has 0 saturated carbocycles. The number of aromatic nitrogens is 2. The van der Waals surface area contributed by atoms with Crippen LogP contribution in [-0.2, 0) is 6.61 Å². The molecule has 4 aromatic rings. The lowest BCUT2D eigenvalue weighted by atomic mass is 10.0. The fourth-order valence-electron chi connectivity index (χ4n) is 3.50. The first kappa shape index (κ1) is 22.2. The van der Waals surface area contributed by atoms with Gasteiger partial charge in [0.2, 0.25) is 0 Å². The molecule has 0 bridgehead atoms. The third-order valence-corrected chi connectivity index (χ3v) is 5.16. The van der Waals surface area contributed by atoms with Gasteiger partial charge in [-0.05, 0) is 29.8 Å². The number of ether oxygens (including phenoxy) is 2. The Balaban J connectivity index is 1.78. The van der Waals surface area contributed by atoms with Gasteiger partial charge in [-0.25, -0.2) is 4.68 Å². The highest BCUT2D eigenvalue weighted by Gasteiger charge is 2.21. The van der Waals surface area contributed by atoms with Crippen LogP contribution in [0.2, 0.25) is 0 Å². The zero-order valence-electron chi connectivity index (χ0n) is 18.5. The predicted octanol–water partition coefficient (Wildman–Crippen LogP) is 4.98. The Kier molecular flexibility index (Phi) is 6.58. The molecule has 0 radical (unpaired) electrons. The van der Waals surface area contributed by atoms with Crippen molar-refractivity contribution in [2.24, 2.45) is 0 Å². The van der Waals surface area contributed by atoms with E-state index in [9.17, 15) is 10.5 Å². The molecule has 1 heterocycles. The topological polar surface area (TPSA) is 110 Å². The predicted molar refractivity (Wildman–Crippen MR) is 130 cm³/mol. The first-order valence-corrected chi connectivity index (χ1v) is 10.5. The number of anilines is 1. The van der Waals surface area contributed by atoms with Crippen molar-refractivity contribution in [1.29, 1.82) is 10.5 Å². The molecular weight excluding hydrogens is 426 g/mol. The number of methoxy groups -OCH3 is 1. The molecule has 166 valence electrons. The average Bonchev–Trinajstić information content (AvgIpc) is 3.23. The number of rotatable bonds is 7. The molecule has 3 aromatic carbocycles. The molecule has 0 atom stereocenters. The van der Waals surface area contributed by atoms with Crippen molar-refractivity contribution < 1.29 is 9.47 Å². The van der Waals surface area contributed by atoms with Crippen molar-refractivity contribution in [3.8, 4) is 29.3 Å². The summed E-state index contributed by atoms with van der Waals surface area (Å²) < 4.78 is 13.0. The molecular formula is C27H21N5O2. The van der Waals surface area contributed by atoms with Crippen LogP contribution in [0.15, 0.2) is 78.9 Å². The second kappa shape index (κ2) is 10.1. The van der Waals surface area contributed by atoms with Gasteiger partial charge in [0.25, 0.3) is 0 Å². The lowest BCUT2D eigenvalue weighted by Crippen LogP contribution is -2.02. The Bertz CT molecular complexity index is 1410. The maximum atomic E-state index is 9.97. The number of allylic oxidation sites excluding steroid dienone is 1. The van der Waals surface area contributed by atoms with E-state index in [1.807, 2.05) is 66.7 Å². The van der Waals surface area contributed by atoms with Crippen LogP contribution in [0, 0.1) is 22.7 Å². The second-order valence-electron chi connectivity index (χ2n) is 7.29. The minimum Gasteiger partial charge on any atom is -0.493 e. The molecule has 0 amide bonds. The summed E-state index contributed by atoms with van der Waals surface area (Å²) in [7, 11) is 1.55. The minimum absolute atomic E-state index is 0.131. The van der Waals surface area contributed by atoms with Crippen LogP contribution < -0.4 is 15.2 Å².